The number of hydrogen-bond donors (Lipinski definition) is 3. The lowest BCUT2D eigenvalue weighted by atomic mass is 10.1. The van der Waals surface area contributed by atoms with Crippen molar-refractivity contribution in [3.05, 3.63) is 30.3 Å². The lowest BCUT2D eigenvalue weighted by molar-refractivity contribution is -0.134. The summed E-state index contributed by atoms with van der Waals surface area (Å²) in [6.45, 7) is 4.24. The zero-order valence-corrected chi connectivity index (χ0v) is 16.6. The topological polar surface area (TPSA) is 85.8 Å². The quantitative estimate of drug-likeness (QED) is 0.516. The van der Waals surface area contributed by atoms with Crippen LogP contribution in [0.25, 0.3) is 0 Å². The average molecular weight is 386 g/mol. The van der Waals surface area contributed by atoms with E-state index >= 15 is 0 Å². The zero-order valence-electron chi connectivity index (χ0n) is 16.6. The van der Waals surface area contributed by atoms with Crippen molar-refractivity contribution in [1.29, 1.82) is 0 Å². The van der Waals surface area contributed by atoms with Crippen molar-refractivity contribution in [2.45, 2.75) is 45.1 Å². The number of nitrogens with zero attached hydrogens (tertiary/aromatic N) is 2. The number of benzene rings is 1. The molecule has 1 unspecified atom stereocenters. The molecule has 1 aliphatic heterocycles. The zero-order chi connectivity index (χ0) is 19.8. The Labute approximate surface area is 167 Å². The second-order valence-corrected chi connectivity index (χ2v) is 7.50. The molecule has 1 atom stereocenters. The largest absolute Gasteiger partial charge is 0.357 e. The third kappa shape index (κ3) is 5.71. The predicted octanol–water partition coefficient (Wildman–Crippen LogP) is 1.97. The first-order valence-corrected chi connectivity index (χ1v) is 10.3. The van der Waals surface area contributed by atoms with Gasteiger partial charge in [0.15, 0.2) is 5.96 Å². The van der Waals surface area contributed by atoms with Crippen LogP contribution < -0.4 is 16.0 Å². The molecule has 1 aromatic carbocycles. The van der Waals surface area contributed by atoms with Gasteiger partial charge in [0.2, 0.25) is 11.8 Å². The summed E-state index contributed by atoms with van der Waals surface area (Å²) in [5.41, 5.74) is 0.762. The van der Waals surface area contributed by atoms with E-state index in [2.05, 4.69) is 20.9 Å². The van der Waals surface area contributed by atoms with Crippen LogP contribution in [0, 0.1) is 5.92 Å². The van der Waals surface area contributed by atoms with E-state index in [0.29, 0.717) is 25.0 Å². The van der Waals surface area contributed by atoms with Gasteiger partial charge >= 0.3 is 0 Å². The van der Waals surface area contributed by atoms with E-state index < -0.39 is 0 Å². The van der Waals surface area contributed by atoms with Crippen molar-refractivity contribution in [2.75, 3.05) is 31.5 Å². The Bertz CT molecular complexity index is 685. The molecule has 1 aromatic rings. The Morgan fingerprint density at radius 1 is 1.14 bits per heavy atom. The molecule has 1 heterocycles. The molecule has 7 heteroatoms. The number of rotatable bonds is 6. The molecular weight excluding hydrogens is 354 g/mol. The van der Waals surface area contributed by atoms with E-state index in [1.807, 2.05) is 42.2 Å². The molecule has 1 saturated carbocycles. The number of likely N-dealkylation sites (tertiary alicyclic amines) is 1. The molecule has 0 spiro atoms. The van der Waals surface area contributed by atoms with Gasteiger partial charge in [0.25, 0.3) is 0 Å². The van der Waals surface area contributed by atoms with E-state index in [-0.39, 0.29) is 24.4 Å². The number of aliphatic imine (C=N–C) groups is 1. The van der Waals surface area contributed by atoms with Crippen LogP contribution in [-0.2, 0) is 9.59 Å². The van der Waals surface area contributed by atoms with E-state index in [4.69, 9.17) is 0 Å². The number of amides is 2. The molecule has 3 N–H and O–H groups in total. The summed E-state index contributed by atoms with van der Waals surface area (Å²) in [5, 5.41) is 9.39. The molecule has 28 heavy (non-hydrogen) atoms. The van der Waals surface area contributed by atoms with E-state index in [1.54, 1.807) is 0 Å². The summed E-state index contributed by atoms with van der Waals surface area (Å²) < 4.78 is 0. The summed E-state index contributed by atoms with van der Waals surface area (Å²) in [5.74, 6) is 0.993. The Kier molecular flexibility index (Phi) is 7.28. The maximum Gasteiger partial charge on any atom is 0.246 e. The van der Waals surface area contributed by atoms with Gasteiger partial charge in [-0.15, -0.1) is 0 Å². The standard InChI is InChI=1S/C21H31N5O2/c1-2-22-21(23-14-19(27)24-17-10-4-3-5-11-17)25-18-12-13-26(15-18)20(28)16-8-6-7-9-16/h3-5,10-11,16,18H,2,6-9,12-15H2,1H3,(H,24,27)(H2,22,23,25). The summed E-state index contributed by atoms with van der Waals surface area (Å²) in [7, 11) is 0. The first-order chi connectivity index (χ1) is 13.7. The highest BCUT2D eigenvalue weighted by molar-refractivity contribution is 5.94. The summed E-state index contributed by atoms with van der Waals surface area (Å²) in [6, 6.07) is 9.52. The Morgan fingerprint density at radius 3 is 2.61 bits per heavy atom. The molecule has 0 radical (unpaired) electrons. The highest BCUT2D eigenvalue weighted by Crippen LogP contribution is 2.27. The first kappa shape index (κ1) is 20.2. The molecule has 0 aromatic heterocycles. The SMILES string of the molecule is CCNC(=NCC(=O)Nc1ccccc1)NC1CCN(C(=O)C2CCCC2)C1. The maximum absolute atomic E-state index is 12.6. The van der Waals surface area contributed by atoms with E-state index in [0.717, 1.165) is 31.5 Å². The van der Waals surface area contributed by atoms with Gasteiger partial charge in [0, 0.05) is 37.3 Å². The second kappa shape index (κ2) is 10.1. The van der Waals surface area contributed by atoms with Crippen molar-refractivity contribution in [1.82, 2.24) is 15.5 Å². The van der Waals surface area contributed by atoms with Crippen LogP contribution in [0.1, 0.15) is 39.0 Å². The third-order valence-corrected chi connectivity index (χ3v) is 5.33. The Morgan fingerprint density at radius 2 is 1.89 bits per heavy atom. The lowest BCUT2D eigenvalue weighted by Crippen LogP contribution is -2.45. The fraction of sp³-hybridized carbons (Fsp3) is 0.571. The number of carbonyl (C=O) groups excluding carboxylic acids is 2. The van der Waals surface area contributed by atoms with Gasteiger partial charge in [0.1, 0.15) is 6.54 Å². The van der Waals surface area contributed by atoms with Crippen LogP contribution in [0.5, 0.6) is 0 Å². The van der Waals surface area contributed by atoms with Gasteiger partial charge in [-0.3, -0.25) is 9.59 Å². The lowest BCUT2D eigenvalue weighted by Gasteiger charge is -2.21. The monoisotopic (exact) mass is 385 g/mol. The van der Waals surface area contributed by atoms with Gasteiger partial charge < -0.3 is 20.9 Å². The van der Waals surface area contributed by atoms with Crippen LogP contribution in [-0.4, -0.2) is 54.9 Å². The van der Waals surface area contributed by atoms with Crippen LogP contribution in [0.15, 0.2) is 35.3 Å². The van der Waals surface area contributed by atoms with Crippen molar-refractivity contribution in [3.63, 3.8) is 0 Å². The predicted molar refractivity (Wildman–Crippen MR) is 111 cm³/mol. The molecule has 2 fully saturated rings. The summed E-state index contributed by atoms with van der Waals surface area (Å²) >= 11 is 0. The average Bonchev–Trinajstić information content (AvgIpc) is 3.39. The maximum atomic E-state index is 12.6. The molecule has 0 bridgehead atoms. The molecule has 3 rings (SSSR count). The fourth-order valence-electron chi connectivity index (χ4n) is 3.90. The number of nitrogens with one attached hydrogen (secondary N) is 3. The second-order valence-electron chi connectivity index (χ2n) is 7.50. The van der Waals surface area contributed by atoms with Gasteiger partial charge in [0.05, 0.1) is 0 Å². The number of guanidine groups is 1. The Balaban J connectivity index is 1.49. The molecule has 2 aliphatic rings. The van der Waals surface area contributed by atoms with Gasteiger partial charge in [-0.1, -0.05) is 31.0 Å². The Hall–Kier alpha value is -2.57. The van der Waals surface area contributed by atoms with Crippen LogP contribution >= 0.6 is 0 Å². The molecule has 1 saturated heterocycles. The van der Waals surface area contributed by atoms with Gasteiger partial charge in [-0.05, 0) is 38.3 Å². The molecular formula is C21H31N5O2. The van der Waals surface area contributed by atoms with E-state index in [9.17, 15) is 9.59 Å². The minimum Gasteiger partial charge on any atom is -0.357 e. The van der Waals surface area contributed by atoms with Crippen molar-refractivity contribution >= 4 is 23.5 Å². The first-order valence-electron chi connectivity index (χ1n) is 10.3. The van der Waals surface area contributed by atoms with Gasteiger partial charge in [-0.2, -0.15) is 0 Å². The van der Waals surface area contributed by atoms with E-state index in [1.165, 1.54) is 12.8 Å². The molecule has 7 nitrogen and oxygen atoms in total. The number of para-hydroxylation sites is 1. The third-order valence-electron chi connectivity index (χ3n) is 5.33. The normalized spacial score (nSPS) is 20.2. The number of anilines is 1. The minimum atomic E-state index is -0.159. The smallest absolute Gasteiger partial charge is 0.246 e. The summed E-state index contributed by atoms with van der Waals surface area (Å²) in [6.07, 6.45) is 5.32. The minimum absolute atomic E-state index is 0.0433. The number of hydrogen-bond acceptors (Lipinski definition) is 3. The van der Waals surface area contributed by atoms with Gasteiger partial charge in [-0.25, -0.2) is 4.99 Å². The summed E-state index contributed by atoms with van der Waals surface area (Å²) in [4.78, 5) is 31.1. The fourth-order valence-corrected chi connectivity index (χ4v) is 3.90. The highest BCUT2D eigenvalue weighted by atomic mass is 16.2. The molecule has 2 amide bonds. The van der Waals surface area contributed by atoms with Crippen LogP contribution in [0.3, 0.4) is 0 Å². The molecule has 152 valence electrons. The highest BCUT2D eigenvalue weighted by Gasteiger charge is 2.32. The van der Waals surface area contributed by atoms with Crippen LogP contribution in [0.4, 0.5) is 5.69 Å². The number of carbonyl (C=O) groups is 2. The van der Waals surface area contributed by atoms with Crippen LogP contribution in [0.2, 0.25) is 0 Å². The molecule has 1 aliphatic carbocycles. The van der Waals surface area contributed by atoms with Crippen molar-refractivity contribution < 1.29 is 9.59 Å². The van der Waals surface area contributed by atoms with Crippen molar-refractivity contribution in [2.24, 2.45) is 10.9 Å². The van der Waals surface area contributed by atoms with Crippen molar-refractivity contribution in [3.8, 4) is 0 Å².